The summed E-state index contributed by atoms with van der Waals surface area (Å²) in [5.74, 6) is 0.695. The van der Waals surface area contributed by atoms with E-state index in [9.17, 15) is 13.2 Å². The van der Waals surface area contributed by atoms with Gasteiger partial charge in [-0.1, -0.05) is 36.4 Å². The van der Waals surface area contributed by atoms with Gasteiger partial charge in [0.2, 0.25) is 0 Å². The molecule has 1 N–H and O–H groups in total. The fourth-order valence-corrected chi connectivity index (χ4v) is 6.07. The number of benzene rings is 3. The maximum Gasteiger partial charge on any atom is 0.264 e. The maximum absolute atomic E-state index is 12.8. The Labute approximate surface area is 235 Å². The summed E-state index contributed by atoms with van der Waals surface area (Å²) in [6, 6.07) is 24.9. The van der Waals surface area contributed by atoms with Crippen molar-refractivity contribution in [1.29, 1.82) is 0 Å². The molecule has 0 aliphatic heterocycles. The minimum atomic E-state index is -3.97. The van der Waals surface area contributed by atoms with Gasteiger partial charge in [0, 0.05) is 23.9 Å². The van der Waals surface area contributed by atoms with Crippen LogP contribution in [0.5, 0.6) is 11.5 Å². The van der Waals surface area contributed by atoms with Crippen LogP contribution in [0.4, 0.5) is 0 Å². The molecule has 5 rings (SSSR count). The molecule has 3 aromatic carbocycles. The molecule has 8 heteroatoms. The number of pyridine rings is 1. The Kier molecular flexibility index (Phi) is 8.45. The highest BCUT2D eigenvalue weighted by Crippen LogP contribution is 2.37. The molecule has 0 spiro atoms. The van der Waals surface area contributed by atoms with E-state index in [0.717, 1.165) is 35.3 Å². The minimum absolute atomic E-state index is 0.0347. The Morgan fingerprint density at radius 3 is 2.25 bits per heavy atom. The molecule has 1 saturated carbocycles. The number of hydrogen-bond acceptors (Lipinski definition) is 6. The van der Waals surface area contributed by atoms with E-state index in [2.05, 4.69) is 15.8 Å². The molecule has 1 aliphatic carbocycles. The Morgan fingerprint density at radius 1 is 0.900 bits per heavy atom. The Balaban J connectivity index is 1.43. The number of carbonyl (C=O) groups is 1. The number of nitrogens with zero attached hydrogens (tertiary/aromatic N) is 1. The minimum Gasteiger partial charge on any atom is -0.493 e. The molecule has 0 radical (unpaired) electrons. The van der Waals surface area contributed by atoms with Crippen molar-refractivity contribution in [3.05, 3.63) is 120 Å². The predicted octanol–water partition coefficient (Wildman–Crippen LogP) is 5.90. The van der Waals surface area contributed by atoms with Gasteiger partial charge in [-0.3, -0.25) is 9.78 Å². The Bertz CT molecular complexity index is 1540. The summed E-state index contributed by atoms with van der Waals surface area (Å²) in [7, 11) is -2.32. The van der Waals surface area contributed by atoms with Crippen molar-refractivity contribution in [1.82, 2.24) is 9.71 Å². The number of methoxy groups -OCH3 is 1. The quantitative estimate of drug-likeness (QED) is 0.261. The third kappa shape index (κ3) is 6.51. The van der Waals surface area contributed by atoms with E-state index in [1.54, 1.807) is 49.8 Å². The first-order valence-corrected chi connectivity index (χ1v) is 14.9. The van der Waals surface area contributed by atoms with Crippen LogP contribution in [0.1, 0.15) is 58.6 Å². The van der Waals surface area contributed by atoms with Crippen LogP contribution in [0.25, 0.3) is 0 Å². The lowest BCUT2D eigenvalue weighted by Gasteiger charge is -2.22. The van der Waals surface area contributed by atoms with Crippen LogP contribution in [-0.4, -0.2) is 32.5 Å². The third-order valence-electron chi connectivity index (χ3n) is 7.23. The second-order valence-electron chi connectivity index (χ2n) is 9.92. The van der Waals surface area contributed by atoms with Crippen molar-refractivity contribution >= 4 is 15.9 Å². The van der Waals surface area contributed by atoms with Crippen molar-refractivity contribution in [2.45, 2.75) is 49.0 Å². The average Bonchev–Trinajstić information content (AvgIpc) is 3.50. The van der Waals surface area contributed by atoms with Gasteiger partial charge in [0.15, 0.2) is 11.5 Å². The fourth-order valence-electron chi connectivity index (χ4n) is 5.08. The van der Waals surface area contributed by atoms with Crippen LogP contribution >= 0.6 is 0 Å². The highest BCUT2D eigenvalue weighted by molar-refractivity contribution is 7.90. The van der Waals surface area contributed by atoms with Gasteiger partial charge in [-0.05, 0) is 97.3 Å². The number of amides is 1. The standard InChI is InChI=1S/C32H32N2O5S/c1-38-30-16-15-26(22-31(30)39-27-7-5-6-8-27)29(21-23-17-19-33-20-18-23)24-11-13-25(14-12-24)32(35)34-40(36,37)28-9-3-2-4-10-28/h2-4,9-20,22,27,29H,5-8,21H2,1H3,(H,34,35). The number of aromatic nitrogens is 1. The SMILES string of the molecule is COc1ccc(C(Cc2ccncc2)c2ccc(C(=O)NS(=O)(=O)c3ccccc3)cc2)cc1OC1CCCC1. The van der Waals surface area contributed by atoms with Gasteiger partial charge in [-0.2, -0.15) is 0 Å². The van der Waals surface area contributed by atoms with Crippen LogP contribution in [-0.2, 0) is 16.4 Å². The normalized spacial score (nSPS) is 14.4. The summed E-state index contributed by atoms with van der Waals surface area (Å²) >= 11 is 0. The molecule has 0 bridgehead atoms. The fraction of sp³-hybridized carbons (Fsp3) is 0.250. The molecule has 0 saturated heterocycles. The Hall–Kier alpha value is -4.17. The molecule has 40 heavy (non-hydrogen) atoms. The van der Waals surface area contributed by atoms with Gasteiger partial charge < -0.3 is 9.47 Å². The molecule has 1 aromatic heterocycles. The molecule has 1 fully saturated rings. The van der Waals surface area contributed by atoms with Gasteiger partial charge in [0.05, 0.1) is 18.1 Å². The topological polar surface area (TPSA) is 94.6 Å². The van der Waals surface area contributed by atoms with E-state index in [1.807, 2.05) is 36.4 Å². The molecule has 1 amide bonds. The molecular formula is C32H32N2O5S. The number of carbonyl (C=O) groups excluding carboxylic acids is 1. The van der Waals surface area contributed by atoms with Crippen molar-refractivity contribution in [3.63, 3.8) is 0 Å². The summed E-state index contributed by atoms with van der Waals surface area (Å²) in [5, 5.41) is 0. The number of nitrogens with one attached hydrogen (secondary N) is 1. The molecular weight excluding hydrogens is 524 g/mol. The third-order valence-corrected chi connectivity index (χ3v) is 8.58. The molecule has 1 unspecified atom stereocenters. The smallest absolute Gasteiger partial charge is 0.264 e. The average molecular weight is 557 g/mol. The van der Waals surface area contributed by atoms with Crippen molar-refractivity contribution in [3.8, 4) is 11.5 Å². The second kappa shape index (κ2) is 12.3. The highest BCUT2D eigenvalue weighted by Gasteiger charge is 2.23. The highest BCUT2D eigenvalue weighted by atomic mass is 32.2. The van der Waals surface area contributed by atoms with Crippen molar-refractivity contribution in [2.75, 3.05) is 7.11 Å². The second-order valence-corrected chi connectivity index (χ2v) is 11.6. The van der Waals surface area contributed by atoms with E-state index >= 15 is 0 Å². The van der Waals surface area contributed by atoms with E-state index in [-0.39, 0.29) is 22.5 Å². The van der Waals surface area contributed by atoms with Gasteiger partial charge in [-0.15, -0.1) is 0 Å². The number of hydrogen-bond donors (Lipinski definition) is 1. The number of rotatable bonds is 10. The van der Waals surface area contributed by atoms with E-state index in [0.29, 0.717) is 12.2 Å². The zero-order valence-corrected chi connectivity index (χ0v) is 23.1. The zero-order chi connectivity index (χ0) is 28.0. The van der Waals surface area contributed by atoms with Gasteiger partial charge in [0.25, 0.3) is 15.9 Å². The van der Waals surface area contributed by atoms with Gasteiger partial charge >= 0.3 is 0 Å². The molecule has 1 aliphatic rings. The molecule has 206 valence electrons. The summed E-state index contributed by atoms with van der Waals surface area (Å²) in [6.45, 7) is 0. The lowest BCUT2D eigenvalue weighted by atomic mass is 9.85. The molecule has 1 heterocycles. The lowest BCUT2D eigenvalue weighted by molar-refractivity contribution is 0.0981. The summed E-state index contributed by atoms with van der Waals surface area (Å²) in [4.78, 5) is 17.0. The van der Waals surface area contributed by atoms with Crippen LogP contribution in [0, 0.1) is 0 Å². The number of sulfonamides is 1. The largest absolute Gasteiger partial charge is 0.493 e. The zero-order valence-electron chi connectivity index (χ0n) is 22.3. The Morgan fingerprint density at radius 2 is 1.57 bits per heavy atom. The maximum atomic E-state index is 12.8. The van der Waals surface area contributed by atoms with Crippen molar-refractivity contribution in [2.24, 2.45) is 0 Å². The monoisotopic (exact) mass is 556 g/mol. The summed E-state index contributed by atoms with van der Waals surface area (Å²) in [6.07, 6.45) is 8.85. The van der Waals surface area contributed by atoms with E-state index in [1.165, 1.54) is 25.0 Å². The van der Waals surface area contributed by atoms with Crippen LogP contribution in [0.3, 0.4) is 0 Å². The number of ether oxygens (including phenoxy) is 2. The van der Waals surface area contributed by atoms with Gasteiger partial charge in [-0.25, -0.2) is 13.1 Å². The first kappa shape index (κ1) is 27.4. The first-order valence-electron chi connectivity index (χ1n) is 13.4. The predicted molar refractivity (Wildman–Crippen MR) is 153 cm³/mol. The lowest BCUT2D eigenvalue weighted by Crippen LogP contribution is -2.30. The van der Waals surface area contributed by atoms with E-state index in [4.69, 9.17) is 9.47 Å². The molecule has 7 nitrogen and oxygen atoms in total. The van der Waals surface area contributed by atoms with Crippen LogP contribution < -0.4 is 14.2 Å². The van der Waals surface area contributed by atoms with Gasteiger partial charge in [0.1, 0.15) is 0 Å². The first-order chi connectivity index (χ1) is 19.4. The van der Waals surface area contributed by atoms with E-state index < -0.39 is 15.9 Å². The molecule has 4 aromatic rings. The van der Waals surface area contributed by atoms with Crippen LogP contribution in [0.15, 0.2) is 102 Å². The van der Waals surface area contributed by atoms with Crippen LogP contribution in [0.2, 0.25) is 0 Å². The summed E-state index contributed by atoms with van der Waals surface area (Å²) in [5.41, 5.74) is 3.40. The van der Waals surface area contributed by atoms with Crippen molar-refractivity contribution < 1.29 is 22.7 Å². The summed E-state index contributed by atoms with van der Waals surface area (Å²) < 4.78 is 39.4. The molecule has 1 atom stereocenters.